The number of carbonyl (C=O) groups excluding carboxylic acids is 1. The van der Waals surface area contributed by atoms with Gasteiger partial charge in [-0.05, 0) is 18.1 Å². The third-order valence-electron chi connectivity index (χ3n) is 4.72. The number of aromatic nitrogens is 4. The molecule has 0 spiro atoms. The largest absolute Gasteiger partial charge is 0.325 e. The Morgan fingerprint density at radius 1 is 1.15 bits per heavy atom. The van der Waals surface area contributed by atoms with E-state index in [1.54, 1.807) is 12.1 Å². The van der Waals surface area contributed by atoms with E-state index in [9.17, 15) is 4.79 Å². The summed E-state index contributed by atoms with van der Waals surface area (Å²) in [5, 5.41) is 5.18. The zero-order valence-electron chi connectivity index (χ0n) is 15.2. The average molecular weight is 382 g/mol. The number of amides is 1. The maximum Gasteiger partial charge on any atom is 0.273 e. The molecule has 0 aliphatic carbocycles. The van der Waals surface area contributed by atoms with E-state index in [0.29, 0.717) is 29.6 Å². The molecule has 0 bridgehead atoms. The summed E-state index contributed by atoms with van der Waals surface area (Å²) in [5.74, 6) is 1.58. The molecule has 27 heavy (non-hydrogen) atoms. The number of pyridine rings is 1. The minimum atomic E-state index is -0.159. The summed E-state index contributed by atoms with van der Waals surface area (Å²) in [4.78, 5) is 23.9. The van der Waals surface area contributed by atoms with Crippen LogP contribution in [0.25, 0.3) is 11.4 Å². The van der Waals surface area contributed by atoms with Gasteiger partial charge in [0.1, 0.15) is 5.69 Å². The SMILES string of the molecule is CC(C)[C@H]1c2nc(-c3ccccc3)nn2CCN1C(=O)c1ccc(Cl)cn1. The van der Waals surface area contributed by atoms with Gasteiger partial charge >= 0.3 is 0 Å². The molecule has 4 rings (SSSR count). The van der Waals surface area contributed by atoms with Crippen LogP contribution in [0.2, 0.25) is 5.02 Å². The number of hydrogen-bond acceptors (Lipinski definition) is 4. The van der Waals surface area contributed by atoms with Crippen molar-refractivity contribution in [2.45, 2.75) is 26.4 Å². The molecule has 0 N–H and O–H groups in total. The molecular weight excluding hydrogens is 362 g/mol. The van der Waals surface area contributed by atoms with Crippen molar-refractivity contribution in [3.05, 3.63) is 65.2 Å². The number of rotatable bonds is 3. The van der Waals surface area contributed by atoms with E-state index in [1.165, 1.54) is 6.20 Å². The van der Waals surface area contributed by atoms with E-state index in [0.717, 1.165) is 11.4 Å². The van der Waals surface area contributed by atoms with Gasteiger partial charge < -0.3 is 4.90 Å². The number of nitrogens with zero attached hydrogens (tertiary/aromatic N) is 5. The first-order valence-corrected chi connectivity index (χ1v) is 9.35. The highest BCUT2D eigenvalue weighted by atomic mass is 35.5. The fourth-order valence-electron chi connectivity index (χ4n) is 3.46. The van der Waals surface area contributed by atoms with Crippen LogP contribution in [-0.2, 0) is 6.54 Å². The highest BCUT2D eigenvalue weighted by Gasteiger charge is 2.36. The topological polar surface area (TPSA) is 63.9 Å². The lowest BCUT2D eigenvalue weighted by atomic mass is 9.99. The van der Waals surface area contributed by atoms with Gasteiger partial charge in [0.15, 0.2) is 11.6 Å². The van der Waals surface area contributed by atoms with Gasteiger partial charge in [0.2, 0.25) is 0 Å². The highest BCUT2D eigenvalue weighted by Crippen LogP contribution is 2.33. The summed E-state index contributed by atoms with van der Waals surface area (Å²) in [6.07, 6.45) is 1.50. The number of carbonyl (C=O) groups is 1. The Morgan fingerprint density at radius 3 is 2.59 bits per heavy atom. The molecular formula is C20H20ClN5O. The lowest BCUT2D eigenvalue weighted by Crippen LogP contribution is -2.44. The molecule has 1 aliphatic rings. The molecule has 1 amide bonds. The Balaban J connectivity index is 1.70. The van der Waals surface area contributed by atoms with Crippen LogP contribution in [0.4, 0.5) is 0 Å². The van der Waals surface area contributed by atoms with E-state index in [4.69, 9.17) is 16.6 Å². The zero-order valence-corrected chi connectivity index (χ0v) is 16.0. The lowest BCUT2D eigenvalue weighted by molar-refractivity contribution is 0.0531. The van der Waals surface area contributed by atoms with E-state index in [-0.39, 0.29) is 17.9 Å². The van der Waals surface area contributed by atoms with Crippen LogP contribution in [0.3, 0.4) is 0 Å². The van der Waals surface area contributed by atoms with Gasteiger partial charge in [-0.1, -0.05) is 55.8 Å². The van der Waals surface area contributed by atoms with Crippen LogP contribution < -0.4 is 0 Å². The van der Waals surface area contributed by atoms with Crippen molar-refractivity contribution >= 4 is 17.5 Å². The predicted molar refractivity (Wildman–Crippen MR) is 103 cm³/mol. The molecule has 6 nitrogen and oxygen atoms in total. The molecule has 7 heteroatoms. The summed E-state index contributed by atoms with van der Waals surface area (Å²) in [5.41, 5.74) is 1.36. The Labute approximate surface area is 162 Å². The third-order valence-corrected chi connectivity index (χ3v) is 4.95. The van der Waals surface area contributed by atoms with Crippen molar-refractivity contribution in [3.63, 3.8) is 0 Å². The maximum atomic E-state index is 13.1. The quantitative estimate of drug-likeness (QED) is 0.691. The Kier molecular flexibility index (Phi) is 4.66. The van der Waals surface area contributed by atoms with Crippen LogP contribution in [-0.4, -0.2) is 37.1 Å². The molecule has 138 valence electrons. The molecule has 2 aromatic heterocycles. The minimum absolute atomic E-state index is 0.110. The molecule has 1 aromatic carbocycles. The standard InChI is InChI=1S/C20H20ClN5O/c1-13(2)17-19-23-18(14-6-4-3-5-7-14)24-26(19)11-10-25(17)20(27)16-9-8-15(21)12-22-16/h3-9,12-13,17H,10-11H2,1-2H3/t17-/m0/s1. The minimum Gasteiger partial charge on any atom is -0.325 e. The lowest BCUT2D eigenvalue weighted by Gasteiger charge is -2.37. The summed E-state index contributed by atoms with van der Waals surface area (Å²) >= 11 is 5.90. The smallest absolute Gasteiger partial charge is 0.273 e. The number of fused-ring (bicyclic) bond motifs is 1. The maximum absolute atomic E-state index is 13.1. The number of hydrogen-bond donors (Lipinski definition) is 0. The van der Waals surface area contributed by atoms with E-state index in [2.05, 4.69) is 23.9 Å². The van der Waals surface area contributed by atoms with Gasteiger partial charge in [0.05, 0.1) is 17.6 Å². The van der Waals surface area contributed by atoms with Crippen molar-refractivity contribution in [1.29, 1.82) is 0 Å². The summed E-state index contributed by atoms with van der Waals surface area (Å²) in [6.45, 7) is 5.35. The molecule has 3 aromatic rings. The van der Waals surface area contributed by atoms with Crippen molar-refractivity contribution < 1.29 is 4.79 Å². The summed E-state index contributed by atoms with van der Waals surface area (Å²) in [6, 6.07) is 13.1. The fraction of sp³-hybridized carbons (Fsp3) is 0.300. The molecule has 1 aliphatic heterocycles. The molecule has 0 fully saturated rings. The summed E-state index contributed by atoms with van der Waals surface area (Å²) in [7, 11) is 0. The fourth-order valence-corrected chi connectivity index (χ4v) is 3.58. The van der Waals surface area contributed by atoms with E-state index in [1.807, 2.05) is 39.9 Å². The molecule has 3 heterocycles. The second-order valence-electron chi connectivity index (χ2n) is 6.93. The second kappa shape index (κ2) is 7.12. The van der Waals surface area contributed by atoms with Crippen molar-refractivity contribution in [2.75, 3.05) is 6.54 Å². The molecule has 0 saturated heterocycles. The number of halogens is 1. The van der Waals surface area contributed by atoms with Crippen LogP contribution in [0.15, 0.2) is 48.7 Å². The van der Waals surface area contributed by atoms with Gasteiger partial charge in [-0.15, -0.1) is 0 Å². The van der Waals surface area contributed by atoms with Crippen LogP contribution in [0.1, 0.15) is 36.2 Å². The predicted octanol–water partition coefficient (Wildman–Crippen LogP) is 3.85. The van der Waals surface area contributed by atoms with Crippen LogP contribution in [0, 0.1) is 5.92 Å². The first kappa shape index (κ1) is 17.7. The van der Waals surface area contributed by atoms with Crippen LogP contribution in [0.5, 0.6) is 0 Å². The molecule has 0 radical (unpaired) electrons. The Hall–Kier alpha value is -2.73. The van der Waals surface area contributed by atoms with Gasteiger partial charge in [0, 0.05) is 18.3 Å². The molecule has 1 atom stereocenters. The second-order valence-corrected chi connectivity index (χ2v) is 7.37. The Morgan fingerprint density at radius 2 is 1.93 bits per heavy atom. The van der Waals surface area contributed by atoms with Crippen LogP contribution >= 0.6 is 11.6 Å². The third kappa shape index (κ3) is 3.32. The zero-order chi connectivity index (χ0) is 19.0. The molecule has 0 unspecified atom stereocenters. The first-order chi connectivity index (χ1) is 13.0. The Bertz CT molecular complexity index is 952. The van der Waals surface area contributed by atoms with Crippen molar-refractivity contribution in [2.24, 2.45) is 5.92 Å². The van der Waals surface area contributed by atoms with Gasteiger partial charge in [0.25, 0.3) is 5.91 Å². The van der Waals surface area contributed by atoms with Gasteiger partial charge in [-0.2, -0.15) is 5.10 Å². The van der Waals surface area contributed by atoms with Crippen molar-refractivity contribution in [3.8, 4) is 11.4 Å². The monoisotopic (exact) mass is 381 g/mol. The first-order valence-electron chi connectivity index (χ1n) is 8.97. The molecule has 0 saturated carbocycles. The summed E-state index contributed by atoms with van der Waals surface area (Å²) < 4.78 is 1.92. The average Bonchev–Trinajstić information content (AvgIpc) is 3.12. The number of benzene rings is 1. The normalized spacial score (nSPS) is 16.4. The van der Waals surface area contributed by atoms with E-state index >= 15 is 0 Å². The highest BCUT2D eigenvalue weighted by molar-refractivity contribution is 6.30. The van der Waals surface area contributed by atoms with E-state index < -0.39 is 0 Å². The van der Waals surface area contributed by atoms with Gasteiger partial charge in [-0.25, -0.2) is 14.6 Å². The van der Waals surface area contributed by atoms with Gasteiger partial charge in [-0.3, -0.25) is 4.79 Å². The van der Waals surface area contributed by atoms with Crippen molar-refractivity contribution in [1.82, 2.24) is 24.6 Å².